The van der Waals surface area contributed by atoms with Crippen LogP contribution in [0.3, 0.4) is 0 Å². The molecule has 0 fully saturated rings. The third-order valence-corrected chi connectivity index (χ3v) is 3.91. The quantitative estimate of drug-likeness (QED) is 0.730. The van der Waals surface area contributed by atoms with Crippen molar-refractivity contribution in [2.75, 3.05) is 5.73 Å². The minimum atomic E-state index is 0.497. The summed E-state index contributed by atoms with van der Waals surface area (Å²) in [5.41, 5.74) is 8.60. The average molecular weight is 344 g/mol. The van der Waals surface area contributed by atoms with E-state index in [0.29, 0.717) is 17.4 Å². The molecular formula is C16H14BrN3O. The number of aryl methyl sites for hydroxylation is 2. The van der Waals surface area contributed by atoms with Crippen molar-refractivity contribution in [1.29, 1.82) is 0 Å². The minimum absolute atomic E-state index is 0.497. The molecule has 0 bridgehead atoms. The predicted octanol–water partition coefficient (Wildman–Crippen LogP) is 3.87. The van der Waals surface area contributed by atoms with Crippen molar-refractivity contribution in [2.45, 2.75) is 12.8 Å². The summed E-state index contributed by atoms with van der Waals surface area (Å²) in [4.78, 5) is 4.42. The van der Waals surface area contributed by atoms with Crippen LogP contribution in [-0.4, -0.2) is 10.1 Å². The highest BCUT2D eigenvalue weighted by Gasteiger charge is 2.10. The average Bonchev–Trinajstić information content (AvgIpc) is 2.98. The number of hydrogen-bond donors (Lipinski definition) is 1. The molecule has 0 spiro atoms. The summed E-state index contributed by atoms with van der Waals surface area (Å²) in [6.45, 7) is 0. The third kappa shape index (κ3) is 3.31. The Morgan fingerprint density at radius 2 is 1.86 bits per heavy atom. The molecule has 0 unspecified atom stereocenters. The third-order valence-electron chi connectivity index (χ3n) is 3.19. The second kappa shape index (κ2) is 6.10. The number of nitrogens with zero attached hydrogens (tertiary/aromatic N) is 2. The molecule has 0 radical (unpaired) electrons. The van der Waals surface area contributed by atoms with E-state index >= 15 is 0 Å². The van der Waals surface area contributed by atoms with Gasteiger partial charge in [-0.3, -0.25) is 0 Å². The summed E-state index contributed by atoms with van der Waals surface area (Å²) >= 11 is 3.37. The molecule has 3 aromatic rings. The zero-order valence-electron chi connectivity index (χ0n) is 11.3. The van der Waals surface area contributed by atoms with E-state index in [9.17, 15) is 0 Å². The van der Waals surface area contributed by atoms with Crippen molar-refractivity contribution in [1.82, 2.24) is 10.1 Å². The van der Waals surface area contributed by atoms with Gasteiger partial charge >= 0.3 is 0 Å². The molecule has 0 amide bonds. The first-order valence-electron chi connectivity index (χ1n) is 6.64. The summed E-state index contributed by atoms with van der Waals surface area (Å²) in [5, 5.41) is 4.02. The van der Waals surface area contributed by atoms with Gasteiger partial charge in [0.25, 0.3) is 5.89 Å². The summed E-state index contributed by atoms with van der Waals surface area (Å²) in [6.07, 6.45) is 1.64. The first-order chi connectivity index (χ1) is 10.2. The Hall–Kier alpha value is -2.14. The van der Waals surface area contributed by atoms with Crippen LogP contribution in [0.5, 0.6) is 0 Å². The van der Waals surface area contributed by atoms with E-state index in [1.807, 2.05) is 36.4 Å². The van der Waals surface area contributed by atoms with Crippen molar-refractivity contribution < 1.29 is 4.52 Å². The lowest BCUT2D eigenvalue weighted by molar-refractivity contribution is 0.422. The number of benzene rings is 2. The number of nitrogens with two attached hydrogens (primary N) is 1. The van der Waals surface area contributed by atoms with Crippen LogP contribution >= 0.6 is 15.9 Å². The Labute approximate surface area is 131 Å². The second-order valence-electron chi connectivity index (χ2n) is 4.74. The van der Waals surface area contributed by atoms with Gasteiger partial charge < -0.3 is 10.3 Å². The normalized spacial score (nSPS) is 10.7. The molecule has 4 nitrogen and oxygen atoms in total. The Kier molecular flexibility index (Phi) is 4.01. The van der Waals surface area contributed by atoms with Gasteiger partial charge in [0, 0.05) is 22.1 Å². The number of halogens is 1. The van der Waals surface area contributed by atoms with Crippen LogP contribution in [0.1, 0.15) is 11.4 Å². The molecule has 0 atom stereocenters. The Bertz CT molecular complexity index is 740. The van der Waals surface area contributed by atoms with Crippen LogP contribution in [0, 0.1) is 0 Å². The van der Waals surface area contributed by atoms with E-state index in [4.69, 9.17) is 10.3 Å². The zero-order valence-corrected chi connectivity index (χ0v) is 12.9. The number of nitrogen functional groups attached to an aromatic ring is 1. The SMILES string of the molecule is Nc1cc(-c2nc(CCc3ccccc3)no2)ccc1Br. The highest BCUT2D eigenvalue weighted by atomic mass is 79.9. The van der Waals surface area contributed by atoms with Crippen molar-refractivity contribution in [3.8, 4) is 11.5 Å². The first-order valence-corrected chi connectivity index (χ1v) is 7.43. The first kappa shape index (κ1) is 13.8. The minimum Gasteiger partial charge on any atom is -0.398 e. The van der Waals surface area contributed by atoms with Gasteiger partial charge in [0.2, 0.25) is 0 Å². The van der Waals surface area contributed by atoms with Crippen molar-refractivity contribution in [3.63, 3.8) is 0 Å². The fourth-order valence-corrected chi connectivity index (χ4v) is 2.30. The van der Waals surface area contributed by atoms with Gasteiger partial charge in [0.05, 0.1) is 0 Å². The fraction of sp³-hybridized carbons (Fsp3) is 0.125. The monoisotopic (exact) mass is 343 g/mol. The van der Waals surface area contributed by atoms with Crippen molar-refractivity contribution in [2.24, 2.45) is 0 Å². The van der Waals surface area contributed by atoms with Gasteiger partial charge in [0.1, 0.15) is 0 Å². The molecule has 21 heavy (non-hydrogen) atoms. The number of aromatic nitrogens is 2. The summed E-state index contributed by atoms with van der Waals surface area (Å²) < 4.78 is 6.16. The molecule has 5 heteroatoms. The van der Waals surface area contributed by atoms with Crippen LogP contribution in [0.15, 0.2) is 57.5 Å². The highest BCUT2D eigenvalue weighted by Crippen LogP contribution is 2.26. The largest absolute Gasteiger partial charge is 0.398 e. The number of hydrogen-bond acceptors (Lipinski definition) is 4. The van der Waals surface area contributed by atoms with Crippen LogP contribution in [0.25, 0.3) is 11.5 Å². The van der Waals surface area contributed by atoms with E-state index in [2.05, 4.69) is 38.2 Å². The van der Waals surface area contributed by atoms with Crippen LogP contribution < -0.4 is 5.73 Å². The summed E-state index contributed by atoms with van der Waals surface area (Å²) in [7, 11) is 0. The molecule has 0 saturated heterocycles. The van der Waals surface area contributed by atoms with Crippen LogP contribution in [0.4, 0.5) is 5.69 Å². The van der Waals surface area contributed by atoms with Gasteiger partial charge in [-0.15, -0.1) is 0 Å². The van der Waals surface area contributed by atoms with Gasteiger partial charge in [-0.05, 0) is 46.1 Å². The molecule has 0 aliphatic rings. The predicted molar refractivity (Wildman–Crippen MR) is 85.7 cm³/mol. The Morgan fingerprint density at radius 1 is 1.05 bits per heavy atom. The molecule has 106 valence electrons. The Morgan fingerprint density at radius 3 is 2.62 bits per heavy atom. The number of rotatable bonds is 4. The number of anilines is 1. The summed E-state index contributed by atoms with van der Waals surface area (Å²) in [6, 6.07) is 15.8. The molecule has 1 heterocycles. The molecule has 0 aliphatic carbocycles. The lowest BCUT2D eigenvalue weighted by Gasteiger charge is -1.99. The molecule has 3 rings (SSSR count). The molecule has 2 aromatic carbocycles. The van der Waals surface area contributed by atoms with Crippen LogP contribution in [-0.2, 0) is 12.8 Å². The maximum absolute atomic E-state index is 5.86. The Balaban J connectivity index is 1.72. The van der Waals surface area contributed by atoms with E-state index in [0.717, 1.165) is 22.9 Å². The van der Waals surface area contributed by atoms with Crippen molar-refractivity contribution >= 4 is 21.6 Å². The molecular weight excluding hydrogens is 330 g/mol. The standard InChI is InChI=1S/C16H14BrN3O/c17-13-8-7-12(10-14(13)18)16-19-15(20-21-16)9-6-11-4-2-1-3-5-11/h1-5,7-8,10H,6,9,18H2. The summed E-state index contributed by atoms with van der Waals surface area (Å²) in [5.74, 6) is 1.20. The maximum atomic E-state index is 5.86. The zero-order chi connectivity index (χ0) is 14.7. The smallest absolute Gasteiger partial charge is 0.257 e. The van der Waals surface area contributed by atoms with E-state index in [1.165, 1.54) is 5.56 Å². The molecule has 0 aliphatic heterocycles. The fourth-order valence-electron chi connectivity index (χ4n) is 2.05. The van der Waals surface area contributed by atoms with Gasteiger partial charge in [-0.1, -0.05) is 35.5 Å². The van der Waals surface area contributed by atoms with Gasteiger partial charge in [0.15, 0.2) is 5.82 Å². The van der Waals surface area contributed by atoms with E-state index in [-0.39, 0.29) is 0 Å². The molecule has 0 saturated carbocycles. The van der Waals surface area contributed by atoms with E-state index < -0.39 is 0 Å². The van der Waals surface area contributed by atoms with E-state index in [1.54, 1.807) is 0 Å². The lowest BCUT2D eigenvalue weighted by atomic mass is 10.1. The lowest BCUT2D eigenvalue weighted by Crippen LogP contribution is -1.93. The van der Waals surface area contributed by atoms with Crippen molar-refractivity contribution in [3.05, 3.63) is 64.4 Å². The maximum Gasteiger partial charge on any atom is 0.257 e. The molecule has 1 aromatic heterocycles. The second-order valence-corrected chi connectivity index (χ2v) is 5.59. The van der Waals surface area contributed by atoms with Gasteiger partial charge in [-0.25, -0.2) is 0 Å². The van der Waals surface area contributed by atoms with Gasteiger partial charge in [-0.2, -0.15) is 4.98 Å². The molecule has 2 N–H and O–H groups in total. The topological polar surface area (TPSA) is 64.9 Å². The highest BCUT2D eigenvalue weighted by molar-refractivity contribution is 9.10. The van der Waals surface area contributed by atoms with Crippen LogP contribution in [0.2, 0.25) is 0 Å².